The van der Waals surface area contributed by atoms with Crippen molar-refractivity contribution in [3.05, 3.63) is 49.3 Å². The van der Waals surface area contributed by atoms with E-state index in [1.807, 2.05) is 24.5 Å². The molecule has 6 N–H and O–H groups in total. The second-order valence-corrected chi connectivity index (χ2v) is 7.61. The van der Waals surface area contributed by atoms with Crippen LogP contribution in [0.4, 0.5) is 0 Å². The van der Waals surface area contributed by atoms with Crippen molar-refractivity contribution in [2.24, 2.45) is 0 Å². The number of aromatic nitrogens is 3. The molecule has 0 aromatic carbocycles. The fourth-order valence-electron chi connectivity index (χ4n) is 0.815. The molecule has 13 nitrogen and oxygen atoms in total. The maximum atomic E-state index is 10.4. The van der Waals surface area contributed by atoms with Crippen LogP contribution in [0.3, 0.4) is 0 Å². The zero-order valence-electron chi connectivity index (χ0n) is 11.6. The second kappa shape index (κ2) is 10.6. The van der Waals surface area contributed by atoms with Gasteiger partial charge in [-0.3, -0.25) is 0 Å². The first-order valence-corrected chi connectivity index (χ1v) is 10.1. The number of nitrogens with zero attached hydrogens (tertiary/aromatic N) is 2. The van der Waals surface area contributed by atoms with Gasteiger partial charge in [-0.1, -0.05) is 0 Å². The van der Waals surface area contributed by atoms with Gasteiger partial charge in [0.2, 0.25) is 0 Å². The molecule has 0 bridgehead atoms. The van der Waals surface area contributed by atoms with Crippen LogP contribution in [0.25, 0.3) is 0 Å². The van der Waals surface area contributed by atoms with Gasteiger partial charge >= 0.3 is 23.5 Å². The number of H-pyrrole nitrogens is 1. The number of hydrogen-bond donors (Lipinski definition) is 6. The largest absolute Gasteiger partial charge is 0.490 e. The first-order chi connectivity index (χ1) is 10.9. The summed E-state index contributed by atoms with van der Waals surface area (Å²) in [7, 11) is -16.2. The fraction of sp³-hybridized carbons (Fsp3) is 0. The van der Waals surface area contributed by atoms with Crippen LogP contribution < -0.4 is 0 Å². The van der Waals surface area contributed by atoms with Gasteiger partial charge in [-0.05, 0) is 18.2 Å². The van der Waals surface area contributed by atoms with Crippen molar-refractivity contribution in [1.29, 1.82) is 0 Å². The summed E-state index contributed by atoms with van der Waals surface area (Å²) in [4.78, 5) is 50.4. The summed E-state index contributed by atoms with van der Waals surface area (Å²) in [5.41, 5.74) is 0. The van der Waals surface area contributed by atoms with Crippen molar-refractivity contribution in [2.45, 2.75) is 0 Å². The van der Waals surface area contributed by atoms with Crippen LogP contribution in [0, 0.1) is 0 Å². The minimum atomic E-state index is -5.46. The summed E-state index contributed by atoms with van der Waals surface area (Å²) in [6, 6.07) is 5.67. The van der Waals surface area contributed by atoms with Crippen LogP contribution in [-0.2, 0) is 22.3 Å². The summed E-state index contributed by atoms with van der Waals surface area (Å²) in [6.45, 7) is 0. The number of aromatic amines is 1. The third-order valence-electron chi connectivity index (χ3n) is 1.39. The molecule has 136 valence electrons. The number of phosphoric acid groups is 3. The second-order valence-electron chi connectivity index (χ2n) is 3.40. The fourth-order valence-corrected chi connectivity index (χ4v) is 3.35. The van der Waals surface area contributed by atoms with Gasteiger partial charge in [0.25, 0.3) is 0 Å². The van der Waals surface area contributed by atoms with E-state index in [2.05, 4.69) is 23.6 Å². The van der Waals surface area contributed by atoms with Gasteiger partial charge in [0, 0.05) is 24.8 Å². The predicted molar refractivity (Wildman–Crippen MR) is 78.9 cm³/mol. The van der Waals surface area contributed by atoms with E-state index < -0.39 is 23.5 Å². The highest BCUT2D eigenvalue weighted by Crippen LogP contribution is 2.64. The maximum absolute atomic E-state index is 10.4. The van der Waals surface area contributed by atoms with Crippen molar-refractivity contribution >= 4 is 23.5 Å². The first-order valence-electron chi connectivity index (χ1n) is 5.55. The van der Waals surface area contributed by atoms with Gasteiger partial charge in [0.05, 0.1) is 0 Å². The van der Waals surface area contributed by atoms with Crippen molar-refractivity contribution < 1.29 is 46.8 Å². The molecule has 0 saturated carbocycles. The average molecular weight is 405 g/mol. The van der Waals surface area contributed by atoms with E-state index in [1.54, 1.807) is 18.5 Å². The van der Waals surface area contributed by atoms with Crippen LogP contribution in [0.5, 0.6) is 0 Å². The molecular weight excluding hydrogens is 391 g/mol. The van der Waals surface area contributed by atoms with E-state index in [0.29, 0.717) is 0 Å². The molecule has 0 radical (unpaired) electrons. The van der Waals surface area contributed by atoms with E-state index in [-0.39, 0.29) is 0 Å². The Balaban J connectivity index is 0.000000388. The first kappa shape index (κ1) is 22.8. The molecule has 0 unspecified atom stereocenters. The maximum Gasteiger partial charge on any atom is 0.490 e. The molecule has 2 rings (SSSR count). The van der Waals surface area contributed by atoms with Gasteiger partial charge in [-0.25, -0.2) is 23.7 Å². The molecule has 0 atom stereocenters. The Bertz CT molecular complexity index is 613. The Kier molecular flexibility index (Phi) is 10.1. The summed E-state index contributed by atoms with van der Waals surface area (Å²) in [5.74, 6) is 0. The zero-order chi connectivity index (χ0) is 18.7. The summed E-state index contributed by atoms with van der Waals surface area (Å²) >= 11 is 0. The molecule has 0 amide bonds. The normalized spacial score (nSPS) is 11.5. The van der Waals surface area contributed by atoms with Crippen LogP contribution in [0.1, 0.15) is 0 Å². The van der Waals surface area contributed by atoms with E-state index >= 15 is 0 Å². The lowest BCUT2D eigenvalue weighted by Gasteiger charge is -2.11. The SMILES string of the molecule is O=P(O)(O)OP(=O)(O)OP(=O)(O)O.c1cc[nH]c1.c1cncnc1. The third kappa shape index (κ3) is 17.1. The Labute approximate surface area is 135 Å². The lowest BCUT2D eigenvalue weighted by atomic mass is 10.7. The Hall–Kier alpha value is -1.23. The lowest BCUT2D eigenvalue weighted by molar-refractivity contribution is 0.204. The smallest absolute Gasteiger partial charge is 0.368 e. The quantitative estimate of drug-likeness (QED) is 0.390. The van der Waals surface area contributed by atoms with Crippen molar-refractivity contribution in [3.63, 3.8) is 0 Å². The number of hydrogen-bond acceptors (Lipinski definition) is 7. The summed E-state index contributed by atoms with van der Waals surface area (Å²) in [5, 5.41) is 0. The van der Waals surface area contributed by atoms with Crippen molar-refractivity contribution in [2.75, 3.05) is 0 Å². The Morgan fingerprint density at radius 1 is 0.750 bits per heavy atom. The molecular formula is C8H14N3O10P3. The van der Waals surface area contributed by atoms with E-state index in [4.69, 9.17) is 24.5 Å². The Morgan fingerprint density at radius 3 is 1.33 bits per heavy atom. The van der Waals surface area contributed by atoms with Crippen LogP contribution in [0.15, 0.2) is 49.3 Å². The lowest BCUT2D eigenvalue weighted by Crippen LogP contribution is -1.91. The highest BCUT2D eigenvalue weighted by atomic mass is 31.3. The Morgan fingerprint density at radius 2 is 1.17 bits per heavy atom. The van der Waals surface area contributed by atoms with Crippen LogP contribution in [0.2, 0.25) is 0 Å². The molecule has 0 spiro atoms. The molecule has 0 fully saturated rings. The van der Waals surface area contributed by atoms with E-state index in [0.717, 1.165) is 0 Å². The van der Waals surface area contributed by atoms with Gasteiger partial charge in [-0.2, -0.15) is 8.62 Å². The molecule has 0 aliphatic rings. The summed E-state index contributed by atoms with van der Waals surface area (Å²) in [6.07, 6.45) is 8.62. The molecule has 24 heavy (non-hydrogen) atoms. The van der Waals surface area contributed by atoms with E-state index in [9.17, 15) is 13.7 Å². The molecule has 0 saturated heterocycles. The number of nitrogens with one attached hydrogen (secondary N) is 1. The molecule has 2 heterocycles. The molecule has 2 aromatic rings. The van der Waals surface area contributed by atoms with Crippen LogP contribution in [-0.4, -0.2) is 39.4 Å². The summed E-state index contributed by atoms with van der Waals surface area (Å²) < 4.78 is 36.4. The molecule has 0 aliphatic heterocycles. The monoisotopic (exact) mass is 405 g/mol. The highest BCUT2D eigenvalue weighted by molar-refractivity contribution is 7.66. The molecule has 2 aromatic heterocycles. The molecule has 16 heteroatoms. The average Bonchev–Trinajstić information content (AvgIpc) is 2.94. The third-order valence-corrected chi connectivity index (χ3v) is 4.75. The minimum Gasteiger partial charge on any atom is -0.368 e. The molecule has 0 aliphatic carbocycles. The van der Waals surface area contributed by atoms with Crippen molar-refractivity contribution in [1.82, 2.24) is 15.0 Å². The number of rotatable bonds is 4. The highest BCUT2D eigenvalue weighted by Gasteiger charge is 2.38. The minimum absolute atomic E-state index is 1.50. The standard InChI is InChI=1S/C4H4N2.C4H5N.H5O10P3/c1-2-5-4-6-3-1;1-2-4-5-3-1;1-11(2,3)9-13(7,8)10-12(4,5)6/h1-4H;1-5H;(H,7,8)(H2,1,2,3)(H2,4,5,6). The topological polar surface area (TPSA) is 212 Å². The predicted octanol–water partition coefficient (Wildman–Crippen LogP) is 0.797. The van der Waals surface area contributed by atoms with Crippen molar-refractivity contribution in [3.8, 4) is 0 Å². The van der Waals surface area contributed by atoms with E-state index in [1.165, 1.54) is 6.33 Å². The van der Waals surface area contributed by atoms with Crippen LogP contribution >= 0.6 is 23.5 Å². The van der Waals surface area contributed by atoms with Gasteiger partial charge < -0.3 is 29.5 Å². The van der Waals surface area contributed by atoms with Gasteiger partial charge in [-0.15, -0.1) is 0 Å². The van der Waals surface area contributed by atoms with Gasteiger partial charge in [0.1, 0.15) is 6.33 Å². The van der Waals surface area contributed by atoms with Gasteiger partial charge in [0.15, 0.2) is 0 Å². The zero-order valence-corrected chi connectivity index (χ0v) is 14.3.